The first kappa shape index (κ1) is 13.2. The van der Waals surface area contributed by atoms with Crippen LogP contribution < -0.4 is 5.32 Å². The molecule has 0 saturated carbocycles. The fourth-order valence-electron chi connectivity index (χ4n) is 1.73. The number of aryl methyl sites for hydroxylation is 1. The van der Waals surface area contributed by atoms with E-state index in [-0.39, 0.29) is 0 Å². The van der Waals surface area contributed by atoms with Crippen molar-refractivity contribution in [1.82, 2.24) is 20.1 Å². The lowest BCUT2D eigenvalue weighted by Gasteiger charge is -2.00. The van der Waals surface area contributed by atoms with E-state index >= 15 is 0 Å². The quantitative estimate of drug-likeness (QED) is 0.655. The Morgan fingerprint density at radius 2 is 1.94 bits per heavy atom. The smallest absolute Gasteiger partial charge is 0.164 e. The molecule has 1 N–H and O–H groups in total. The second-order valence-corrected chi connectivity index (χ2v) is 4.22. The summed E-state index contributed by atoms with van der Waals surface area (Å²) in [5.41, 5.74) is 0. The molecule has 1 aromatic rings. The fourth-order valence-corrected chi connectivity index (χ4v) is 1.73. The number of hydrogen-bond donors (Lipinski definition) is 1. The van der Waals surface area contributed by atoms with E-state index in [0.717, 1.165) is 18.9 Å². The molecule has 0 unspecified atom stereocenters. The maximum absolute atomic E-state index is 4.38. The van der Waals surface area contributed by atoms with Gasteiger partial charge in [0.2, 0.25) is 0 Å². The summed E-state index contributed by atoms with van der Waals surface area (Å²) in [4.78, 5) is 4.22. The third-order valence-electron chi connectivity index (χ3n) is 2.66. The molecule has 0 aliphatic heterocycles. The summed E-state index contributed by atoms with van der Waals surface area (Å²) in [5, 5.41) is 7.43. The maximum atomic E-state index is 4.38. The number of hydrogen-bond acceptors (Lipinski definition) is 3. The number of rotatable bonds is 9. The third kappa shape index (κ3) is 5.26. The van der Waals surface area contributed by atoms with Gasteiger partial charge >= 0.3 is 0 Å². The minimum Gasteiger partial charge on any atom is -0.313 e. The van der Waals surface area contributed by atoms with Gasteiger partial charge in [0.15, 0.2) is 5.82 Å². The van der Waals surface area contributed by atoms with Crippen molar-refractivity contribution >= 4 is 0 Å². The van der Waals surface area contributed by atoms with Crippen LogP contribution in [0.2, 0.25) is 0 Å². The van der Waals surface area contributed by atoms with Gasteiger partial charge in [-0.25, -0.2) is 4.98 Å². The first-order valence-corrected chi connectivity index (χ1v) is 6.39. The molecule has 4 nitrogen and oxygen atoms in total. The first-order valence-electron chi connectivity index (χ1n) is 6.39. The zero-order valence-corrected chi connectivity index (χ0v) is 10.6. The van der Waals surface area contributed by atoms with E-state index < -0.39 is 0 Å². The lowest BCUT2D eigenvalue weighted by molar-refractivity contribution is 0.522. The van der Waals surface area contributed by atoms with Crippen LogP contribution in [0.4, 0.5) is 0 Å². The molecule has 0 bridgehead atoms. The summed E-state index contributed by atoms with van der Waals surface area (Å²) >= 11 is 0. The predicted octanol–water partition coefficient (Wildman–Crippen LogP) is 2.36. The highest BCUT2D eigenvalue weighted by Gasteiger charge is 1.98. The molecule has 1 heterocycles. The topological polar surface area (TPSA) is 42.7 Å². The Hall–Kier alpha value is -0.900. The van der Waals surface area contributed by atoms with Gasteiger partial charge in [-0.3, -0.25) is 4.68 Å². The van der Waals surface area contributed by atoms with Crippen LogP contribution >= 0.6 is 0 Å². The Kier molecular flexibility index (Phi) is 6.81. The van der Waals surface area contributed by atoms with Gasteiger partial charge in [-0.15, -0.1) is 0 Å². The largest absolute Gasteiger partial charge is 0.313 e. The van der Waals surface area contributed by atoms with Gasteiger partial charge in [0.25, 0.3) is 0 Å². The second kappa shape index (κ2) is 8.28. The summed E-state index contributed by atoms with van der Waals surface area (Å²) in [5.74, 6) is 0.883. The summed E-state index contributed by atoms with van der Waals surface area (Å²) in [6.45, 7) is 4.01. The van der Waals surface area contributed by atoms with Crippen LogP contribution in [-0.2, 0) is 13.1 Å². The Balaban J connectivity index is 2.07. The molecule has 0 atom stereocenters. The van der Waals surface area contributed by atoms with Crippen LogP contribution in [0, 0.1) is 0 Å². The zero-order chi connectivity index (χ0) is 11.6. The van der Waals surface area contributed by atoms with E-state index in [2.05, 4.69) is 22.3 Å². The van der Waals surface area contributed by atoms with Crippen LogP contribution in [-0.4, -0.2) is 21.8 Å². The van der Waals surface area contributed by atoms with Gasteiger partial charge in [0.1, 0.15) is 6.33 Å². The van der Waals surface area contributed by atoms with Crippen LogP contribution in [0.25, 0.3) is 0 Å². The lowest BCUT2D eigenvalue weighted by atomic mass is 10.1. The van der Waals surface area contributed by atoms with Gasteiger partial charge < -0.3 is 5.32 Å². The molecule has 0 saturated heterocycles. The number of nitrogens with one attached hydrogen (secondary N) is 1. The summed E-state index contributed by atoms with van der Waals surface area (Å²) in [6, 6.07) is 0. The summed E-state index contributed by atoms with van der Waals surface area (Å²) < 4.78 is 1.95. The van der Waals surface area contributed by atoms with Crippen molar-refractivity contribution in [2.24, 2.45) is 0 Å². The Morgan fingerprint density at radius 1 is 1.19 bits per heavy atom. The van der Waals surface area contributed by atoms with Crippen molar-refractivity contribution in [3.05, 3.63) is 12.2 Å². The van der Waals surface area contributed by atoms with Crippen LogP contribution in [0.5, 0.6) is 0 Å². The average molecular weight is 224 g/mol. The second-order valence-electron chi connectivity index (χ2n) is 4.22. The lowest BCUT2D eigenvalue weighted by Crippen LogP contribution is -2.07. The van der Waals surface area contributed by atoms with E-state index in [4.69, 9.17) is 0 Å². The van der Waals surface area contributed by atoms with Crippen molar-refractivity contribution < 1.29 is 0 Å². The van der Waals surface area contributed by atoms with Crippen molar-refractivity contribution in [3.8, 4) is 0 Å². The van der Waals surface area contributed by atoms with Crippen LogP contribution in [0.15, 0.2) is 6.33 Å². The molecular weight excluding hydrogens is 200 g/mol. The normalized spacial score (nSPS) is 10.9. The van der Waals surface area contributed by atoms with E-state index in [1.54, 1.807) is 0 Å². The van der Waals surface area contributed by atoms with Crippen molar-refractivity contribution in [1.29, 1.82) is 0 Å². The minimum atomic E-state index is 0.753. The minimum absolute atomic E-state index is 0.753. The molecule has 0 fully saturated rings. The molecule has 0 aliphatic carbocycles. The van der Waals surface area contributed by atoms with Crippen molar-refractivity contribution in [2.75, 3.05) is 7.05 Å². The Morgan fingerprint density at radius 3 is 2.69 bits per heavy atom. The maximum Gasteiger partial charge on any atom is 0.164 e. The van der Waals surface area contributed by atoms with Gasteiger partial charge in [-0.1, -0.05) is 39.0 Å². The average Bonchev–Trinajstić information content (AvgIpc) is 2.72. The summed E-state index contributed by atoms with van der Waals surface area (Å²) in [6.07, 6.45) is 9.77. The highest BCUT2D eigenvalue weighted by molar-refractivity contribution is 4.79. The number of aromatic nitrogens is 3. The SMILES string of the molecule is CCCCCCCCn1cnc(CNC)n1. The molecule has 0 radical (unpaired) electrons. The summed E-state index contributed by atoms with van der Waals surface area (Å²) in [7, 11) is 1.91. The fraction of sp³-hybridized carbons (Fsp3) is 0.833. The monoisotopic (exact) mass is 224 g/mol. The predicted molar refractivity (Wildman–Crippen MR) is 66.2 cm³/mol. The molecule has 0 amide bonds. The van der Waals surface area contributed by atoms with Gasteiger partial charge in [0, 0.05) is 6.54 Å². The molecule has 1 rings (SSSR count). The first-order chi connectivity index (χ1) is 7.86. The van der Waals surface area contributed by atoms with Crippen molar-refractivity contribution in [2.45, 2.75) is 58.5 Å². The van der Waals surface area contributed by atoms with E-state index in [1.165, 1.54) is 38.5 Å². The van der Waals surface area contributed by atoms with E-state index in [1.807, 2.05) is 18.1 Å². The molecule has 0 spiro atoms. The molecular formula is C12H24N4. The van der Waals surface area contributed by atoms with Crippen LogP contribution in [0.3, 0.4) is 0 Å². The molecule has 0 aliphatic rings. The van der Waals surface area contributed by atoms with Gasteiger partial charge in [-0.2, -0.15) is 5.10 Å². The Labute approximate surface area is 98.5 Å². The molecule has 4 heteroatoms. The molecule has 92 valence electrons. The van der Waals surface area contributed by atoms with E-state index in [9.17, 15) is 0 Å². The highest BCUT2D eigenvalue weighted by atomic mass is 15.3. The third-order valence-corrected chi connectivity index (χ3v) is 2.66. The molecule has 1 aromatic heterocycles. The molecule has 16 heavy (non-hydrogen) atoms. The number of unbranched alkanes of at least 4 members (excludes halogenated alkanes) is 5. The zero-order valence-electron chi connectivity index (χ0n) is 10.6. The standard InChI is InChI=1S/C12H24N4/c1-3-4-5-6-7-8-9-16-11-14-12(15-16)10-13-2/h11,13H,3-10H2,1-2H3. The molecule has 0 aromatic carbocycles. The number of nitrogens with zero attached hydrogens (tertiary/aromatic N) is 3. The van der Waals surface area contributed by atoms with Crippen molar-refractivity contribution in [3.63, 3.8) is 0 Å². The van der Waals surface area contributed by atoms with Gasteiger partial charge in [0.05, 0.1) is 6.54 Å². The highest BCUT2D eigenvalue weighted by Crippen LogP contribution is 2.05. The Bertz CT molecular complexity index is 270. The van der Waals surface area contributed by atoms with Gasteiger partial charge in [-0.05, 0) is 13.5 Å². The van der Waals surface area contributed by atoms with Crippen LogP contribution in [0.1, 0.15) is 51.3 Å². The van der Waals surface area contributed by atoms with E-state index in [0.29, 0.717) is 0 Å².